The van der Waals surface area contributed by atoms with E-state index in [1.165, 1.54) is 6.92 Å². The van der Waals surface area contributed by atoms with Crippen molar-refractivity contribution in [2.45, 2.75) is 32.0 Å². The molecule has 1 aromatic rings. The molecule has 2 N–H and O–H groups in total. The third kappa shape index (κ3) is 2.54. The van der Waals surface area contributed by atoms with Gasteiger partial charge >= 0.3 is 5.22 Å². The van der Waals surface area contributed by atoms with Crippen molar-refractivity contribution < 1.29 is 12.8 Å². The molecule has 0 amide bonds. The van der Waals surface area contributed by atoms with Gasteiger partial charge in [0.15, 0.2) is 0 Å². The molecule has 0 saturated carbocycles. The molecule has 0 radical (unpaired) electrons. The first-order chi connectivity index (χ1) is 6.88. The first kappa shape index (κ1) is 12.1. The fourth-order valence-electron chi connectivity index (χ4n) is 0.889. The summed E-state index contributed by atoms with van der Waals surface area (Å²) in [5, 5.41) is 6.76. The fraction of sp³-hybridized carbons (Fsp3) is 0.750. The summed E-state index contributed by atoms with van der Waals surface area (Å²) in [4.78, 5) is 0. The Balaban J connectivity index is 3.00. The molecule has 0 aromatic carbocycles. The highest BCUT2D eigenvalue weighted by Gasteiger charge is 2.23. The van der Waals surface area contributed by atoms with E-state index in [-0.39, 0.29) is 22.8 Å². The number of hydrogen-bond donors (Lipinski definition) is 1. The quantitative estimate of drug-likeness (QED) is 0.813. The van der Waals surface area contributed by atoms with Gasteiger partial charge in [0, 0.05) is 0 Å². The fourth-order valence-corrected chi connectivity index (χ4v) is 1.51. The summed E-state index contributed by atoms with van der Waals surface area (Å²) in [6.07, 6.45) is 0. The molecule has 1 rings (SSSR count). The molecule has 1 unspecified atom stereocenters. The van der Waals surface area contributed by atoms with Gasteiger partial charge in [-0.15, -0.1) is 5.10 Å². The molecule has 0 spiro atoms. The minimum absolute atomic E-state index is 0.0639. The standard InChI is InChI=1S/C8H15N3O3S/c1-4-15(12,13)8-11-10-7(14-8)6(9)5(2)3/h5-6H,4,9H2,1-3H3. The van der Waals surface area contributed by atoms with E-state index in [0.717, 1.165) is 0 Å². The molecular weight excluding hydrogens is 218 g/mol. The first-order valence-corrected chi connectivity index (χ1v) is 6.35. The largest absolute Gasteiger partial charge is 0.411 e. The molecule has 0 aliphatic rings. The molecule has 15 heavy (non-hydrogen) atoms. The monoisotopic (exact) mass is 233 g/mol. The summed E-state index contributed by atoms with van der Waals surface area (Å²) in [5.41, 5.74) is 5.74. The molecule has 0 bridgehead atoms. The van der Waals surface area contributed by atoms with Gasteiger partial charge in [0.2, 0.25) is 15.7 Å². The Morgan fingerprint density at radius 3 is 2.47 bits per heavy atom. The van der Waals surface area contributed by atoms with Crippen molar-refractivity contribution in [3.8, 4) is 0 Å². The Morgan fingerprint density at radius 2 is 2.00 bits per heavy atom. The second-order valence-electron chi connectivity index (χ2n) is 3.58. The van der Waals surface area contributed by atoms with Gasteiger partial charge < -0.3 is 10.2 Å². The number of aromatic nitrogens is 2. The number of sulfone groups is 1. The minimum atomic E-state index is -3.43. The maximum atomic E-state index is 11.4. The summed E-state index contributed by atoms with van der Waals surface area (Å²) in [7, 11) is -3.43. The molecule has 6 nitrogen and oxygen atoms in total. The summed E-state index contributed by atoms with van der Waals surface area (Å²) in [6.45, 7) is 5.30. The van der Waals surface area contributed by atoms with E-state index in [2.05, 4.69) is 10.2 Å². The van der Waals surface area contributed by atoms with Crippen molar-refractivity contribution in [1.29, 1.82) is 0 Å². The van der Waals surface area contributed by atoms with Crippen LogP contribution in [0.1, 0.15) is 32.7 Å². The van der Waals surface area contributed by atoms with Gasteiger partial charge in [-0.25, -0.2) is 8.42 Å². The van der Waals surface area contributed by atoms with Crippen LogP contribution in [-0.4, -0.2) is 24.4 Å². The van der Waals surface area contributed by atoms with Crippen LogP contribution in [0.5, 0.6) is 0 Å². The molecule has 1 aromatic heterocycles. The number of hydrogen-bond acceptors (Lipinski definition) is 6. The molecule has 0 fully saturated rings. The van der Waals surface area contributed by atoms with Crippen molar-refractivity contribution in [3.05, 3.63) is 5.89 Å². The third-order valence-corrected chi connectivity index (χ3v) is 3.53. The molecule has 86 valence electrons. The zero-order chi connectivity index (χ0) is 11.6. The average Bonchev–Trinajstić information content (AvgIpc) is 2.65. The Morgan fingerprint density at radius 1 is 1.40 bits per heavy atom. The summed E-state index contributed by atoms with van der Waals surface area (Å²) < 4.78 is 27.8. The third-order valence-electron chi connectivity index (χ3n) is 2.07. The van der Waals surface area contributed by atoms with Gasteiger partial charge in [0.05, 0.1) is 11.8 Å². The molecule has 7 heteroatoms. The number of nitrogens with zero attached hydrogens (tertiary/aromatic N) is 2. The van der Waals surface area contributed by atoms with Gasteiger partial charge in [-0.1, -0.05) is 25.9 Å². The summed E-state index contributed by atoms with van der Waals surface area (Å²) >= 11 is 0. The first-order valence-electron chi connectivity index (χ1n) is 4.70. The lowest BCUT2D eigenvalue weighted by molar-refractivity contribution is 0.341. The number of rotatable bonds is 4. The van der Waals surface area contributed by atoms with E-state index in [1.54, 1.807) is 0 Å². The predicted molar refractivity (Wildman–Crippen MR) is 53.8 cm³/mol. The zero-order valence-electron chi connectivity index (χ0n) is 8.97. The highest BCUT2D eigenvalue weighted by atomic mass is 32.2. The lowest BCUT2D eigenvalue weighted by Gasteiger charge is -2.09. The second kappa shape index (κ2) is 4.28. The summed E-state index contributed by atoms with van der Waals surface area (Å²) in [5.74, 6) is 0.214. The van der Waals surface area contributed by atoms with Crippen molar-refractivity contribution in [3.63, 3.8) is 0 Å². The van der Waals surface area contributed by atoms with Crippen LogP contribution in [0.25, 0.3) is 0 Å². The van der Waals surface area contributed by atoms with Crippen molar-refractivity contribution >= 4 is 9.84 Å². The highest BCUT2D eigenvalue weighted by molar-refractivity contribution is 7.91. The van der Waals surface area contributed by atoms with E-state index in [9.17, 15) is 8.42 Å². The Kier molecular flexibility index (Phi) is 3.46. The van der Waals surface area contributed by atoms with E-state index in [0.29, 0.717) is 0 Å². The van der Waals surface area contributed by atoms with Crippen LogP contribution in [0.4, 0.5) is 0 Å². The topological polar surface area (TPSA) is 99.1 Å². The van der Waals surface area contributed by atoms with Gasteiger partial charge in [-0.3, -0.25) is 0 Å². The molecule has 0 saturated heterocycles. The van der Waals surface area contributed by atoms with Crippen LogP contribution in [-0.2, 0) is 9.84 Å². The summed E-state index contributed by atoms with van der Waals surface area (Å²) in [6, 6.07) is -0.432. The van der Waals surface area contributed by atoms with E-state index < -0.39 is 15.9 Å². The van der Waals surface area contributed by atoms with Crippen molar-refractivity contribution in [1.82, 2.24) is 10.2 Å². The molecule has 0 aliphatic heterocycles. The molecule has 1 atom stereocenters. The predicted octanol–water partition coefficient (Wildman–Crippen LogP) is 0.519. The van der Waals surface area contributed by atoms with Gasteiger partial charge in [-0.05, 0) is 5.92 Å². The van der Waals surface area contributed by atoms with Crippen molar-refractivity contribution in [2.24, 2.45) is 11.7 Å². The Bertz CT molecular complexity index is 424. The maximum absolute atomic E-state index is 11.4. The number of nitrogens with two attached hydrogens (primary N) is 1. The smallest absolute Gasteiger partial charge is 0.335 e. The van der Waals surface area contributed by atoms with E-state index in [1.807, 2.05) is 13.8 Å². The van der Waals surface area contributed by atoms with Gasteiger partial charge in [0.1, 0.15) is 0 Å². The van der Waals surface area contributed by atoms with Gasteiger partial charge in [0.25, 0.3) is 0 Å². The van der Waals surface area contributed by atoms with E-state index in [4.69, 9.17) is 10.2 Å². The molecule has 0 aliphatic carbocycles. The molecular formula is C8H15N3O3S. The van der Waals surface area contributed by atoms with Crippen LogP contribution in [0.15, 0.2) is 9.64 Å². The average molecular weight is 233 g/mol. The van der Waals surface area contributed by atoms with Crippen LogP contribution < -0.4 is 5.73 Å². The van der Waals surface area contributed by atoms with Crippen LogP contribution in [0.3, 0.4) is 0 Å². The van der Waals surface area contributed by atoms with E-state index >= 15 is 0 Å². The van der Waals surface area contributed by atoms with Crippen molar-refractivity contribution in [2.75, 3.05) is 5.75 Å². The minimum Gasteiger partial charge on any atom is -0.411 e. The Labute approximate surface area is 88.8 Å². The van der Waals surface area contributed by atoms with Crippen LogP contribution >= 0.6 is 0 Å². The zero-order valence-corrected chi connectivity index (χ0v) is 9.78. The SMILES string of the molecule is CCS(=O)(=O)c1nnc(C(N)C(C)C)o1. The van der Waals surface area contributed by atoms with Crippen LogP contribution in [0.2, 0.25) is 0 Å². The maximum Gasteiger partial charge on any atom is 0.335 e. The van der Waals surface area contributed by atoms with Gasteiger partial charge in [-0.2, -0.15) is 0 Å². The Hall–Kier alpha value is -0.950. The van der Waals surface area contributed by atoms with Crippen LogP contribution in [0, 0.1) is 5.92 Å². The lowest BCUT2D eigenvalue weighted by Crippen LogP contribution is -2.17. The second-order valence-corrected chi connectivity index (χ2v) is 5.74. The lowest BCUT2D eigenvalue weighted by atomic mass is 10.1. The molecule has 1 heterocycles. The highest BCUT2D eigenvalue weighted by Crippen LogP contribution is 2.19. The normalized spacial score (nSPS) is 14.5.